The van der Waals surface area contributed by atoms with Gasteiger partial charge in [0.1, 0.15) is 16.7 Å². The van der Waals surface area contributed by atoms with Gasteiger partial charge in [-0.05, 0) is 76.2 Å². The first kappa shape index (κ1) is 29.2. The number of rotatable bonds is 5. The maximum Gasteiger partial charge on any atom is 0.229 e. The van der Waals surface area contributed by atoms with Crippen molar-refractivity contribution in [2.45, 2.75) is 26.2 Å². The molecule has 0 spiro atoms. The highest BCUT2D eigenvalue weighted by molar-refractivity contribution is 6.17. The number of aliphatic imine (C=N–C) groups is 1. The predicted octanol–water partition coefficient (Wildman–Crippen LogP) is 11.6. The summed E-state index contributed by atoms with van der Waals surface area (Å²) in [5, 5.41) is 11.4. The molecule has 0 aliphatic carbocycles. The number of para-hydroxylation sites is 3. The van der Waals surface area contributed by atoms with Crippen LogP contribution in [0.3, 0.4) is 0 Å². The lowest BCUT2D eigenvalue weighted by molar-refractivity contribution is 0.590. The fraction of sp³-hybridized carbons (Fsp3) is 0.0930. The summed E-state index contributed by atoms with van der Waals surface area (Å²) in [7, 11) is 0. The van der Waals surface area contributed by atoms with Crippen molar-refractivity contribution >= 4 is 44.9 Å². The number of hydrogen-bond acceptors (Lipinski definition) is 5. The molecular formula is C43H31N3O2. The fourth-order valence-corrected chi connectivity index (χ4v) is 6.28. The molecule has 5 heteroatoms. The van der Waals surface area contributed by atoms with Crippen molar-refractivity contribution in [1.29, 1.82) is 5.26 Å². The van der Waals surface area contributed by atoms with Gasteiger partial charge in [-0.1, -0.05) is 99.6 Å². The molecule has 230 valence electrons. The number of hydrogen-bond donors (Lipinski definition) is 0. The van der Waals surface area contributed by atoms with Gasteiger partial charge in [0.05, 0.1) is 22.9 Å². The number of nitriles is 1. The Balaban J connectivity index is 1.25. The molecule has 0 aliphatic rings. The Morgan fingerprint density at radius 3 is 2.25 bits per heavy atom. The third-order valence-corrected chi connectivity index (χ3v) is 8.80. The zero-order valence-electron chi connectivity index (χ0n) is 26.9. The van der Waals surface area contributed by atoms with E-state index in [1.807, 2.05) is 85.1 Å². The van der Waals surface area contributed by atoms with E-state index in [0.717, 1.165) is 66.5 Å². The molecule has 48 heavy (non-hydrogen) atoms. The fourth-order valence-electron chi connectivity index (χ4n) is 6.28. The molecule has 0 bridgehead atoms. The lowest BCUT2D eigenvalue weighted by Gasteiger charge is -2.19. The van der Waals surface area contributed by atoms with E-state index in [0.29, 0.717) is 17.0 Å². The van der Waals surface area contributed by atoms with Gasteiger partial charge in [0.25, 0.3) is 0 Å². The number of aromatic nitrogens is 1. The Labute approximate surface area is 278 Å². The zero-order valence-corrected chi connectivity index (χ0v) is 26.9. The van der Waals surface area contributed by atoms with Gasteiger partial charge in [-0.25, -0.2) is 4.98 Å². The highest BCUT2D eigenvalue weighted by Gasteiger charge is 2.21. The molecule has 8 rings (SSSR count). The van der Waals surface area contributed by atoms with E-state index >= 15 is 0 Å². The summed E-state index contributed by atoms with van der Waals surface area (Å²) in [6, 6.07) is 44.6. The van der Waals surface area contributed by atoms with Crippen LogP contribution in [0.1, 0.15) is 37.5 Å². The summed E-state index contributed by atoms with van der Waals surface area (Å²) < 4.78 is 13.0. The zero-order chi connectivity index (χ0) is 32.8. The number of oxazole rings is 1. The third kappa shape index (κ3) is 5.14. The van der Waals surface area contributed by atoms with Gasteiger partial charge < -0.3 is 8.83 Å². The van der Waals surface area contributed by atoms with Crippen molar-refractivity contribution in [2.75, 3.05) is 0 Å². The second kappa shape index (κ2) is 11.5. The molecule has 6 aromatic carbocycles. The minimum absolute atomic E-state index is 0.0512. The van der Waals surface area contributed by atoms with Gasteiger partial charge in [0, 0.05) is 28.1 Å². The molecule has 5 nitrogen and oxygen atoms in total. The summed E-state index contributed by atoms with van der Waals surface area (Å²) in [6.07, 6.45) is 1.90. The smallest absolute Gasteiger partial charge is 0.229 e. The number of benzene rings is 6. The Bertz CT molecular complexity index is 2560. The molecule has 0 saturated carbocycles. The summed E-state index contributed by atoms with van der Waals surface area (Å²) in [6.45, 7) is 6.63. The van der Waals surface area contributed by atoms with Crippen LogP contribution >= 0.6 is 0 Å². The third-order valence-electron chi connectivity index (χ3n) is 8.80. The van der Waals surface area contributed by atoms with Crippen molar-refractivity contribution in [3.8, 4) is 39.8 Å². The van der Waals surface area contributed by atoms with Crippen LogP contribution < -0.4 is 0 Å². The molecule has 0 saturated heterocycles. The van der Waals surface area contributed by atoms with E-state index in [1.54, 1.807) is 0 Å². The molecular weight excluding hydrogens is 590 g/mol. The maximum absolute atomic E-state index is 9.34. The monoisotopic (exact) mass is 621 g/mol. The maximum atomic E-state index is 9.34. The summed E-state index contributed by atoms with van der Waals surface area (Å²) in [5.41, 5.74) is 11.5. The molecule has 0 atom stereocenters. The van der Waals surface area contributed by atoms with Crippen LogP contribution in [-0.2, 0) is 5.41 Å². The van der Waals surface area contributed by atoms with Crippen LogP contribution in [0.15, 0.2) is 141 Å². The minimum Gasteiger partial charge on any atom is -0.455 e. The number of furan rings is 1. The second-order valence-corrected chi connectivity index (χ2v) is 13.0. The molecule has 0 fully saturated rings. The van der Waals surface area contributed by atoms with E-state index in [2.05, 4.69) is 75.4 Å². The first-order valence-electron chi connectivity index (χ1n) is 16.0. The Kier molecular flexibility index (Phi) is 7.00. The first-order valence-corrected chi connectivity index (χ1v) is 16.0. The van der Waals surface area contributed by atoms with Crippen LogP contribution in [0.4, 0.5) is 5.69 Å². The van der Waals surface area contributed by atoms with Gasteiger partial charge in [0.2, 0.25) is 5.89 Å². The van der Waals surface area contributed by atoms with E-state index in [9.17, 15) is 5.26 Å². The molecule has 8 aromatic rings. The van der Waals surface area contributed by atoms with E-state index in [1.165, 1.54) is 5.56 Å². The molecule has 2 heterocycles. The summed E-state index contributed by atoms with van der Waals surface area (Å²) in [5.74, 6) is 0.503. The van der Waals surface area contributed by atoms with Crippen molar-refractivity contribution < 1.29 is 8.83 Å². The van der Waals surface area contributed by atoms with Gasteiger partial charge in [0.15, 0.2) is 5.58 Å². The molecule has 2 aromatic heterocycles. The van der Waals surface area contributed by atoms with Crippen molar-refractivity contribution in [2.24, 2.45) is 4.99 Å². The Hall–Kier alpha value is -6.25. The molecule has 0 N–H and O–H groups in total. The highest BCUT2D eigenvalue weighted by atomic mass is 16.3. The minimum atomic E-state index is 0.0512. The Morgan fingerprint density at radius 2 is 1.42 bits per heavy atom. The average molecular weight is 622 g/mol. The average Bonchev–Trinajstić information content (AvgIpc) is 3.73. The van der Waals surface area contributed by atoms with Crippen molar-refractivity contribution in [3.63, 3.8) is 0 Å². The standard InChI is InChI=1S/C43H31N3O2/c1-43(2,3)30-11-8-10-28(24-30)26-45-36-15-6-4-12-34(36)42-46-40-32(14-9-17-38(40)48-42)33-23-22-31(29-20-18-27(25-44)19-21-29)39-35-13-5-7-16-37(35)47-41(33)39/h4-24,26H,1-3H3. The van der Waals surface area contributed by atoms with Gasteiger partial charge in [-0.2, -0.15) is 5.26 Å². The Morgan fingerprint density at radius 1 is 0.688 bits per heavy atom. The van der Waals surface area contributed by atoms with Crippen molar-refractivity contribution in [1.82, 2.24) is 4.98 Å². The molecule has 0 aliphatic heterocycles. The quantitative estimate of drug-likeness (QED) is 0.179. The van der Waals surface area contributed by atoms with E-state index in [-0.39, 0.29) is 5.41 Å². The number of fused-ring (bicyclic) bond motifs is 4. The second-order valence-electron chi connectivity index (χ2n) is 13.0. The highest BCUT2D eigenvalue weighted by Crippen LogP contribution is 2.44. The lowest BCUT2D eigenvalue weighted by atomic mass is 9.86. The van der Waals surface area contributed by atoms with Crippen LogP contribution in [0.5, 0.6) is 0 Å². The molecule has 0 unspecified atom stereocenters. The van der Waals surface area contributed by atoms with Crippen LogP contribution in [0.25, 0.3) is 66.7 Å². The van der Waals surface area contributed by atoms with E-state index < -0.39 is 0 Å². The predicted molar refractivity (Wildman–Crippen MR) is 195 cm³/mol. The summed E-state index contributed by atoms with van der Waals surface area (Å²) >= 11 is 0. The van der Waals surface area contributed by atoms with Crippen molar-refractivity contribution in [3.05, 3.63) is 144 Å². The largest absolute Gasteiger partial charge is 0.455 e. The normalized spacial score (nSPS) is 12.0. The number of nitrogens with zero attached hydrogens (tertiary/aromatic N) is 3. The van der Waals surface area contributed by atoms with Gasteiger partial charge in [-0.3, -0.25) is 4.99 Å². The van der Waals surface area contributed by atoms with Crippen LogP contribution in [-0.4, -0.2) is 11.2 Å². The van der Waals surface area contributed by atoms with Gasteiger partial charge in [-0.15, -0.1) is 0 Å². The van der Waals surface area contributed by atoms with Crippen LogP contribution in [0, 0.1) is 11.3 Å². The van der Waals surface area contributed by atoms with Gasteiger partial charge >= 0.3 is 0 Å². The topological polar surface area (TPSA) is 75.3 Å². The first-order chi connectivity index (χ1) is 23.4. The summed E-state index contributed by atoms with van der Waals surface area (Å²) in [4.78, 5) is 9.95. The lowest BCUT2D eigenvalue weighted by Crippen LogP contribution is -2.11. The molecule has 0 amide bonds. The van der Waals surface area contributed by atoms with E-state index in [4.69, 9.17) is 18.8 Å². The molecule has 0 radical (unpaired) electrons. The van der Waals surface area contributed by atoms with Crippen LogP contribution in [0.2, 0.25) is 0 Å². The SMILES string of the molecule is CC(C)(C)c1cccc(C=Nc2ccccc2-c2nc3c(-c4ccc(-c5ccc(C#N)cc5)c5c4oc4ccccc45)cccc3o2)c1.